The van der Waals surface area contributed by atoms with Crippen molar-refractivity contribution in [2.24, 2.45) is 11.8 Å². The molecule has 128 valence electrons. The minimum atomic E-state index is -0.573. The number of halogens is 1. The normalized spacial score (nSPS) is 20.8. The lowest BCUT2D eigenvalue weighted by atomic mass is 9.73. The fourth-order valence-corrected chi connectivity index (χ4v) is 2.70. The van der Waals surface area contributed by atoms with Crippen LogP contribution >= 0.6 is 0 Å². The van der Waals surface area contributed by atoms with E-state index < -0.39 is 11.7 Å². The number of amides is 1. The largest absolute Gasteiger partial charge is 0.444 e. The number of carbonyl (C=O) groups is 1. The highest BCUT2D eigenvalue weighted by Gasteiger charge is 2.31. The number of benzene rings is 1. The van der Waals surface area contributed by atoms with Gasteiger partial charge in [0, 0.05) is 6.04 Å². The highest BCUT2D eigenvalue weighted by Crippen LogP contribution is 2.37. The van der Waals surface area contributed by atoms with Crippen LogP contribution in [0.3, 0.4) is 0 Å². The third kappa shape index (κ3) is 5.12. The van der Waals surface area contributed by atoms with Crippen LogP contribution in [-0.4, -0.2) is 17.7 Å². The molecular formula is C18H27FN2O2. The molecule has 0 saturated heterocycles. The standard InChI is InChI=1S/C18H27FN2O2/c1-11(2)12-8-14(9-12)20-16-10-13(19)6-7-15(16)21-17(22)23-18(3,4)5/h6-7,10-12,14,20H,8-9H2,1-5H3,(H,21,22). The Labute approximate surface area is 137 Å². The Hall–Kier alpha value is -1.78. The molecule has 1 fully saturated rings. The molecule has 5 heteroatoms. The minimum absolute atomic E-state index is 0.323. The van der Waals surface area contributed by atoms with Crippen molar-refractivity contribution in [2.45, 2.75) is 59.1 Å². The zero-order chi connectivity index (χ0) is 17.2. The van der Waals surface area contributed by atoms with Crippen LogP contribution in [-0.2, 0) is 4.74 Å². The molecule has 23 heavy (non-hydrogen) atoms. The van der Waals surface area contributed by atoms with Gasteiger partial charge in [-0.15, -0.1) is 0 Å². The fourth-order valence-electron chi connectivity index (χ4n) is 2.70. The molecule has 1 aliphatic carbocycles. The smallest absolute Gasteiger partial charge is 0.412 e. The minimum Gasteiger partial charge on any atom is -0.444 e. The van der Waals surface area contributed by atoms with E-state index in [0.29, 0.717) is 29.3 Å². The highest BCUT2D eigenvalue weighted by atomic mass is 19.1. The predicted molar refractivity (Wildman–Crippen MR) is 91.2 cm³/mol. The van der Waals surface area contributed by atoms with Crippen LogP contribution in [0.4, 0.5) is 20.6 Å². The molecule has 0 unspecified atom stereocenters. The van der Waals surface area contributed by atoms with Gasteiger partial charge >= 0.3 is 6.09 Å². The van der Waals surface area contributed by atoms with Crippen LogP contribution in [0, 0.1) is 17.7 Å². The van der Waals surface area contributed by atoms with E-state index in [-0.39, 0.29) is 5.82 Å². The van der Waals surface area contributed by atoms with Gasteiger partial charge in [0.15, 0.2) is 0 Å². The van der Waals surface area contributed by atoms with Gasteiger partial charge in [-0.2, -0.15) is 0 Å². The molecule has 1 aliphatic rings. The summed E-state index contributed by atoms with van der Waals surface area (Å²) in [4.78, 5) is 11.9. The van der Waals surface area contributed by atoms with Crippen molar-refractivity contribution < 1.29 is 13.9 Å². The van der Waals surface area contributed by atoms with Crippen molar-refractivity contribution >= 4 is 17.5 Å². The second-order valence-corrected chi connectivity index (χ2v) is 7.63. The van der Waals surface area contributed by atoms with Crippen molar-refractivity contribution in [2.75, 3.05) is 10.6 Å². The van der Waals surface area contributed by atoms with Gasteiger partial charge in [-0.3, -0.25) is 5.32 Å². The summed E-state index contributed by atoms with van der Waals surface area (Å²) in [7, 11) is 0. The van der Waals surface area contributed by atoms with E-state index in [4.69, 9.17) is 4.74 Å². The highest BCUT2D eigenvalue weighted by molar-refractivity contribution is 5.89. The third-order valence-corrected chi connectivity index (χ3v) is 4.09. The summed E-state index contributed by atoms with van der Waals surface area (Å²) >= 11 is 0. The number of nitrogens with one attached hydrogen (secondary N) is 2. The summed E-state index contributed by atoms with van der Waals surface area (Å²) in [6, 6.07) is 4.62. The number of rotatable bonds is 4. The first-order valence-corrected chi connectivity index (χ1v) is 8.20. The maximum atomic E-state index is 13.5. The summed E-state index contributed by atoms with van der Waals surface area (Å²) in [5.74, 6) is 1.05. The van der Waals surface area contributed by atoms with Crippen molar-refractivity contribution in [3.8, 4) is 0 Å². The Bertz CT molecular complexity index is 561. The Morgan fingerprint density at radius 3 is 2.48 bits per heavy atom. The molecular weight excluding hydrogens is 295 g/mol. The maximum absolute atomic E-state index is 13.5. The van der Waals surface area contributed by atoms with E-state index in [9.17, 15) is 9.18 Å². The first-order valence-electron chi connectivity index (χ1n) is 8.20. The van der Waals surface area contributed by atoms with Crippen molar-refractivity contribution in [3.63, 3.8) is 0 Å². The van der Waals surface area contributed by atoms with Gasteiger partial charge in [0.25, 0.3) is 0 Å². The Kier molecular flexibility index (Phi) is 5.17. The molecule has 0 aliphatic heterocycles. The summed E-state index contributed by atoms with van der Waals surface area (Å²) in [5.41, 5.74) is 0.563. The molecule has 0 bridgehead atoms. The van der Waals surface area contributed by atoms with Gasteiger partial charge < -0.3 is 10.1 Å². The van der Waals surface area contributed by atoms with Crippen LogP contribution in [0.5, 0.6) is 0 Å². The Morgan fingerprint density at radius 1 is 1.26 bits per heavy atom. The molecule has 0 atom stereocenters. The SMILES string of the molecule is CC(C)C1CC(Nc2cc(F)ccc2NC(=O)OC(C)(C)C)C1. The lowest BCUT2D eigenvalue weighted by Gasteiger charge is -2.39. The first-order chi connectivity index (χ1) is 10.6. The second kappa shape index (κ2) is 6.77. The van der Waals surface area contributed by atoms with Gasteiger partial charge in [0.1, 0.15) is 11.4 Å². The molecule has 0 radical (unpaired) electrons. The zero-order valence-electron chi connectivity index (χ0n) is 14.6. The fraction of sp³-hybridized carbons (Fsp3) is 0.611. The number of carbonyl (C=O) groups excluding carboxylic acids is 1. The number of hydrogen-bond acceptors (Lipinski definition) is 3. The molecule has 0 heterocycles. The average molecular weight is 322 g/mol. The molecule has 2 rings (SSSR count). The first kappa shape index (κ1) is 17.6. The van der Waals surface area contributed by atoms with Crippen LogP contribution in [0.1, 0.15) is 47.5 Å². The number of ether oxygens (including phenoxy) is 1. The van der Waals surface area contributed by atoms with Crippen LogP contribution < -0.4 is 10.6 Å². The van der Waals surface area contributed by atoms with Gasteiger partial charge in [-0.25, -0.2) is 9.18 Å². The van der Waals surface area contributed by atoms with Gasteiger partial charge in [-0.1, -0.05) is 13.8 Å². The van der Waals surface area contributed by atoms with E-state index in [1.807, 2.05) is 0 Å². The van der Waals surface area contributed by atoms with Crippen molar-refractivity contribution in [3.05, 3.63) is 24.0 Å². The maximum Gasteiger partial charge on any atom is 0.412 e. The molecule has 0 aromatic heterocycles. The summed E-state index contributed by atoms with van der Waals surface area (Å²) in [6.07, 6.45) is 1.60. The third-order valence-electron chi connectivity index (χ3n) is 4.09. The van der Waals surface area contributed by atoms with Gasteiger partial charge in [0.05, 0.1) is 11.4 Å². The average Bonchev–Trinajstić information content (AvgIpc) is 2.33. The van der Waals surface area contributed by atoms with Crippen molar-refractivity contribution in [1.29, 1.82) is 0 Å². The zero-order valence-corrected chi connectivity index (χ0v) is 14.6. The molecule has 1 aromatic rings. The number of hydrogen-bond donors (Lipinski definition) is 2. The summed E-state index contributed by atoms with van der Waals surface area (Å²) in [6.45, 7) is 9.85. The van der Waals surface area contributed by atoms with E-state index in [1.165, 1.54) is 12.1 Å². The monoisotopic (exact) mass is 322 g/mol. The van der Waals surface area contributed by atoms with E-state index in [0.717, 1.165) is 12.8 Å². The molecule has 1 aromatic carbocycles. The van der Waals surface area contributed by atoms with E-state index >= 15 is 0 Å². The number of anilines is 2. The Morgan fingerprint density at radius 2 is 1.91 bits per heavy atom. The van der Waals surface area contributed by atoms with Crippen molar-refractivity contribution in [1.82, 2.24) is 0 Å². The molecule has 2 N–H and O–H groups in total. The molecule has 1 saturated carbocycles. The Balaban J connectivity index is 2.02. The molecule has 0 spiro atoms. The van der Waals surface area contributed by atoms with Gasteiger partial charge in [0.2, 0.25) is 0 Å². The molecule has 4 nitrogen and oxygen atoms in total. The molecule has 1 amide bonds. The summed E-state index contributed by atoms with van der Waals surface area (Å²) in [5, 5.41) is 6.02. The van der Waals surface area contributed by atoms with Crippen LogP contribution in [0.2, 0.25) is 0 Å². The topological polar surface area (TPSA) is 50.4 Å². The summed E-state index contributed by atoms with van der Waals surface area (Å²) < 4.78 is 18.8. The lowest BCUT2D eigenvalue weighted by Crippen LogP contribution is -2.38. The quantitative estimate of drug-likeness (QED) is 0.818. The van der Waals surface area contributed by atoms with Crippen LogP contribution in [0.15, 0.2) is 18.2 Å². The van der Waals surface area contributed by atoms with E-state index in [1.54, 1.807) is 26.8 Å². The predicted octanol–water partition coefficient (Wildman–Crippen LogP) is 5.02. The second-order valence-electron chi connectivity index (χ2n) is 7.63. The van der Waals surface area contributed by atoms with Crippen LogP contribution in [0.25, 0.3) is 0 Å². The lowest BCUT2D eigenvalue weighted by molar-refractivity contribution is 0.0636. The van der Waals surface area contributed by atoms with E-state index in [2.05, 4.69) is 24.5 Å². The van der Waals surface area contributed by atoms with Gasteiger partial charge in [-0.05, 0) is 63.6 Å².